The first-order chi connectivity index (χ1) is 32.0. The van der Waals surface area contributed by atoms with Gasteiger partial charge in [0.1, 0.15) is 13.2 Å². The Balaban J connectivity index is 4.57. The number of allylic oxidation sites excluding steroid dienone is 18. The van der Waals surface area contributed by atoms with E-state index in [1.54, 1.807) is 0 Å². The summed E-state index contributed by atoms with van der Waals surface area (Å²) in [5, 5.41) is 0. The highest BCUT2D eigenvalue weighted by atomic mass is 16.6. The fraction of sp³-hybridized carbons (Fsp3) is 0.644. The van der Waals surface area contributed by atoms with Crippen molar-refractivity contribution in [2.24, 2.45) is 0 Å². The van der Waals surface area contributed by atoms with E-state index in [0.717, 1.165) is 96.3 Å². The quantitative estimate of drug-likeness (QED) is 0.0262. The Morgan fingerprint density at radius 1 is 0.323 bits per heavy atom. The van der Waals surface area contributed by atoms with Crippen molar-refractivity contribution >= 4 is 17.9 Å². The Bertz CT molecular complexity index is 1360. The SMILES string of the molecule is CC/C=C\C/C=C\C/C=C\C/C=C\C/C=C\CCCC(=O)OC[C@@H](COC(=O)CCCCCCC/C=C\CCCCCCCC)OC(=O)CCCC/C=C\C/C=C\C/C=C\CCCCC. The van der Waals surface area contributed by atoms with Gasteiger partial charge >= 0.3 is 17.9 Å². The van der Waals surface area contributed by atoms with E-state index in [2.05, 4.69) is 130 Å². The van der Waals surface area contributed by atoms with Crippen LogP contribution in [0.1, 0.15) is 226 Å². The highest BCUT2D eigenvalue weighted by Crippen LogP contribution is 2.12. The van der Waals surface area contributed by atoms with Gasteiger partial charge in [-0.15, -0.1) is 0 Å². The topological polar surface area (TPSA) is 78.9 Å². The van der Waals surface area contributed by atoms with E-state index in [4.69, 9.17) is 14.2 Å². The van der Waals surface area contributed by atoms with Crippen LogP contribution >= 0.6 is 0 Å². The number of carbonyl (C=O) groups is 3. The zero-order valence-electron chi connectivity index (χ0n) is 42.0. The first-order valence-electron chi connectivity index (χ1n) is 26.4. The van der Waals surface area contributed by atoms with E-state index >= 15 is 0 Å². The second-order valence-corrected chi connectivity index (χ2v) is 17.0. The van der Waals surface area contributed by atoms with Crippen molar-refractivity contribution in [3.63, 3.8) is 0 Å². The van der Waals surface area contributed by atoms with Crippen LogP contribution in [0.3, 0.4) is 0 Å². The fourth-order valence-electron chi connectivity index (χ4n) is 6.77. The minimum Gasteiger partial charge on any atom is -0.462 e. The third-order valence-electron chi connectivity index (χ3n) is 10.7. The molecule has 0 aliphatic carbocycles. The van der Waals surface area contributed by atoms with E-state index < -0.39 is 6.10 Å². The van der Waals surface area contributed by atoms with Gasteiger partial charge in [-0.25, -0.2) is 0 Å². The Kier molecular flexibility index (Phi) is 49.5. The standard InChI is InChI=1S/C59H96O6/c1-4-7-10-13-16-19-22-25-28-29-32-34-37-40-43-46-49-52-58(61)64-55-56(65-59(62)53-50-47-44-41-38-35-31-27-24-21-18-15-12-9-6-3)54-63-57(60)51-48-45-42-39-36-33-30-26-23-20-17-14-11-8-5-2/h7,10,16,18-19,21,25-28,30-32,34,38,40-41,43,56H,4-6,8-9,11-15,17,20,22-24,29,33,35-37,39,42,44-55H2,1-3H3/b10-7-,19-16-,21-18-,28-25-,30-26-,31-27-,34-32-,41-38-,43-40-/t56-/m1/s1. The molecule has 0 unspecified atom stereocenters. The molecule has 0 fully saturated rings. The third kappa shape index (κ3) is 50.9. The van der Waals surface area contributed by atoms with Crippen LogP contribution in [0, 0.1) is 0 Å². The maximum Gasteiger partial charge on any atom is 0.306 e. The molecule has 0 aromatic carbocycles. The normalized spacial score (nSPS) is 13.0. The molecule has 0 radical (unpaired) electrons. The summed E-state index contributed by atoms with van der Waals surface area (Å²) in [5.74, 6) is -1.03. The van der Waals surface area contributed by atoms with Crippen LogP contribution in [0.5, 0.6) is 0 Å². The first-order valence-corrected chi connectivity index (χ1v) is 26.4. The molecule has 0 amide bonds. The van der Waals surface area contributed by atoms with Crippen molar-refractivity contribution < 1.29 is 28.6 Å². The number of ether oxygens (including phenoxy) is 3. The number of carbonyl (C=O) groups excluding carboxylic acids is 3. The van der Waals surface area contributed by atoms with E-state index in [9.17, 15) is 14.4 Å². The Morgan fingerprint density at radius 2 is 0.615 bits per heavy atom. The molecule has 0 bridgehead atoms. The molecule has 0 aliphatic heterocycles. The second-order valence-electron chi connectivity index (χ2n) is 17.0. The maximum absolute atomic E-state index is 12.8. The van der Waals surface area contributed by atoms with Crippen LogP contribution in [-0.4, -0.2) is 37.2 Å². The lowest BCUT2D eigenvalue weighted by Crippen LogP contribution is -2.30. The molecule has 6 nitrogen and oxygen atoms in total. The van der Waals surface area contributed by atoms with Gasteiger partial charge in [0.15, 0.2) is 6.10 Å². The third-order valence-corrected chi connectivity index (χ3v) is 10.7. The Morgan fingerprint density at radius 3 is 1.08 bits per heavy atom. The molecule has 0 N–H and O–H groups in total. The molecule has 0 aromatic heterocycles. The summed E-state index contributed by atoms with van der Waals surface area (Å²) in [4.78, 5) is 38.0. The smallest absolute Gasteiger partial charge is 0.306 e. The molecular weight excluding hydrogens is 805 g/mol. The molecule has 1 atom stereocenters. The molecule has 0 aromatic rings. The van der Waals surface area contributed by atoms with Crippen LogP contribution < -0.4 is 0 Å². The lowest BCUT2D eigenvalue weighted by Gasteiger charge is -2.18. The van der Waals surface area contributed by atoms with Gasteiger partial charge in [0.25, 0.3) is 0 Å². The maximum atomic E-state index is 12.8. The van der Waals surface area contributed by atoms with Crippen LogP contribution in [0.2, 0.25) is 0 Å². The minimum atomic E-state index is -0.826. The number of hydrogen-bond donors (Lipinski definition) is 0. The molecule has 0 saturated heterocycles. The monoisotopic (exact) mass is 901 g/mol. The van der Waals surface area contributed by atoms with Crippen LogP contribution in [0.4, 0.5) is 0 Å². The molecule has 0 rings (SSSR count). The van der Waals surface area contributed by atoms with E-state index in [1.807, 2.05) is 0 Å². The van der Waals surface area contributed by atoms with Crippen molar-refractivity contribution in [1.29, 1.82) is 0 Å². The van der Waals surface area contributed by atoms with Gasteiger partial charge in [-0.2, -0.15) is 0 Å². The van der Waals surface area contributed by atoms with Crippen molar-refractivity contribution in [1.82, 2.24) is 0 Å². The van der Waals surface area contributed by atoms with Gasteiger partial charge in [-0.3, -0.25) is 14.4 Å². The average molecular weight is 901 g/mol. The largest absolute Gasteiger partial charge is 0.462 e. The van der Waals surface area contributed by atoms with E-state index in [0.29, 0.717) is 19.3 Å². The van der Waals surface area contributed by atoms with Crippen LogP contribution in [0.25, 0.3) is 0 Å². The summed E-state index contributed by atoms with van der Waals surface area (Å²) in [6.45, 7) is 6.39. The van der Waals surface area contributed by atoms with Crippen LogP contribution in [-0.2, 0) is 28.6 Å². The molecule has 0 saturated carbocycles. The van der Waals surface area contributed by atoms with Gasteiger partial charge in [0.2, 0.25) is 0 Å². The van der Waals surface area contributed by atoms with Gasteiger partial charge in [0, 0.05) is 19.3 Å². The number of hydrogen-bond acceptors (Lipinski definition) is 6. The summed E-state index contributed by atoms with van der Waals surface area (Å²) in [6.07, 6.45) is 70.8. The van der Waals surface area contributed by atoms with E-state index in [1.165, 1.54) is 77.0 Å². The summed E-state index contributed by atoms with van der Waals surface area (Å²) in [6, 6.07) is 0. The van der Waals surface area contributed by atoms with Crippen molar-refractivity contribution in [3.8, 4) is 0 Å². The van der Waals surface area contributed by atoms with Gasteiger partial charge < -0.3 is 14.2 Å². The predicted octanol–water partition coefficient (Wildman–Crippen LogP) is 17.5. The summed E-state index contributed by atoms with van der Waals surface area (Å²) in [5.41, 5.74) is 0. The van der Waals surface area contributed by atoms with Gasteiger partial charge in [0.05, 0.1) is 0 Å². The lowest BCUT2D eigenvalue weighted by molar-refractivity contribution is -0.167. The van der Waals surface area contributed by atoms with Crippen LogP contribution in [0.15, 0.2) is 109 Å². The van der Waals surface area contributed by atoms with Crippen molar-refractivity contribution in [3.05, 3.63) is 109 Å². The lowest BCUT2D eigenvalue weighted by atomic mass is 10.1. The molecule has 368 valence electrons. The second kappa shape index (κ2) is 52.7. The average Bonchev–Trinajstić information content (AvgIpc) is 3.30. The zero-order valence-corrected chi connectivity index (χ0v) is 42.0. The zero-order chi connectivity index (χ0) is 47.2. The molecule has 0 heterocycles. The van der Waals surface area contributed by atoms with Crippen molar-refractivity contribution in [2.45, 2.75) is 232 Å². The van der Waals surface area contributed by atoms with E-state index in [-0.39, 0.29) is 44.0 Å². The highest BCUT2D eigenvalue weighted by Gasteiger charge is 2.19. The molecular formula is C59H96O6. The fourth-order valence-corrected chi connectivity index (χ4v) is 6.77. The number of esters is 3. The van der Waals surface area contributed by atoms with Gasteiger partial charge in [-0.1, -0.05) is 194 Å². The summed E-state index contributed by atoms with van der Waals surface area (Å²) < 4.78 is 16.7. The summed E-state index contributed by atoms with van der Waals surface area (Å²) in [7, 11) is 0. The molecule has 0 aliphatic rings. The molecule has 65 heavy (non-hydrogen) atoms. The number of unbranched alkanes of at least 4 members (excludes halogenated alkanes) is 17. The van der Waals surface area contributed by atoms with Gasteiger partial charge in [-0.05, 0) is 122 Å². The minimum absolute atomic E-state index is 0.117. The number of rotatable bonds is 46. The predicted molar refractivity (Wildman–Crippen MR) is 279 cm³/mol. The Hall–Kier alpha value is -3.93. The summed E-state index contributed by atoms with van der Waals surface area (Å²) >= 11 is 0. The highest BCUT2D eigenvalue weighted by molar-refractivity contribution is 5.71. The molecule has 0 spiro atoms. The Labute approximate surface area is 400 Å². The van der Waals surface area contributed by atoms with Crippen molar-refractivity contribution in [2.75, 3.05) is 13.2 Å². The molecule has 6 heteroatoms. The first kappa shape index (κ1) is 61.1.